The van der Waals surface area contributed by atoms with E-state index in [4.69, 9.17) is 0 Å². The van der Waals surface area contributed by atoms with Crippen molar-refractivity contribution < 1.29 is 33.0 Å². The monoisotopic (exact) mass is 305 g/mol. The number of hydrogen-bond acceptors (Lipinski definition) is 4. The number of rotatable bonds is 5. The molecule has 0 aliphatic carbocycles. The molecule has 1 rings (SSSR count). The SMILES string of the molecule is CC(=O)NCC(O)C(O)c1cc(C(F)(F)F)ccc1C=O. The normalized spacial score (nSPS) is 14.4. The Kier molecular flexibility index (Phi) is 5.45. The maximum Gasteiger partial charge on any atom is 0.416 e. The lowest BCUT2D eigenvalue weighted by Gasteiger charge is -2.20. The number of aliphatic hydroxyl groups excluding tert-OH is 2. The van der Waals surface area contributed by atoms with Crippen LogP contribution in [0, 0.1) is 0 Å². The van der Waals surface area contributed by atoms with Gasteiger partial charge in [0.2, 0.25) is 5.91 Å². The highest BCUT2D eigenvalue weighted by molar-refractivity contribution is 5.78. The lowest BCUT2D eigenvalue weighted by atomic mass is 9.96. The third-order valence-corrected chi connectivity index (χ3v) is 2.78. The molecular weight excluding hydrogens is 291 g/mol. The summed E-state index contributed by atoms with van der Waals surface area (Å²) < 4.78 is 37.9. The third kappa shape index (κ3) is 4.54. The lowest BCUT2D eigenvalue weighted by Crippen LogP contribution is -2.34. The van der Waals surface area contributed by atoms with Gasteiger partial charge in [0.15, 0.2) is 0 Å². The summed E-state index contributed by atoms with van der Waals surface area (Å²) in [4.78, 5) is 21.5. The Bertz CT molecular complexity index is 531. The molecule has 0 spiro atoms. The Morgan fingerprint density at radius 1 is 1.38 bits per heavy atom. The van der Waals surface area contributed by atoms with Crippen molar-refractivity contribution in [2.45, 2.75) is 25.3 Å². The number of aliphatic hydroxyl groups is 2. The van der Waals surface area contributed by atoms with Gasteiger partial charge in [-0.15, -0.1) is 0 Å². The standard InChI is InChI=1S/C13H14F3NO4/c1-7(19)17-5-11(20)12(21)10-4-9(13(14,15)16)3-2-8(10)6-18/h2-4,6,11-12,20-21H,5H2,1H3,(H,17,19). The zero-order valence-corrected chi connectivity index (χ0v) is 11.0. The Labute approximate surface area is 118 Å². The van der Waals surface area contributed by atoms with Crippen molar-refractivity contribution >= 4 is 12.2 Å². The third-order valence-electron chi connectivity index (χ3n) is 2.78. The highest BCUT2D eigenvalue weighted by Gasteiger charge is 2.32. The zero-order valence-electron chi connectivity index (χ0n) is 11.0. The van der Waals surface area contributed by atoms with E-state index >= 15 is 0 Å². The van der Waals surface area contributed by atoms with Gasteiger partial charge in [-0.05, 0) is 17.7 Å². The van der Waals surface area contributed by atoms with E-state index in [-0.39, 0.29) is 24.0 Å². The van der Waals surface area contributed by atoms with Crippen molar-refractivity contribution in [2.75, 3.05) is 6.54 Å². The molecule has 1 aromatic carbocycles. The van der Waals surface area contributed by atoms with Crippen LogP contribution in [-0.4, -0.2) is 35.1 Å². The molecular formula is C13H14F3NO4. The van der Waals surface area contributed by atoms with Gasteiger partial charge in [-0.2, -0.15) is 13.2 Å². The topological polar surface area (TPSA) is 86.6 Å². The van der Waals surface area contributed by atoms with Crippen molar-refractivity contribution in [2.24, 2.45) is 0 Å². The molecule has 0 aromatic heterocycles. The smallest absolute Gasteiger partial charge is 0.388 e. The first kappa shape index (κ1) is 17.1. The molecule has 1 aromatic rings. The fourth-order valence-corrected chi connectivity index (χ4v) is 1.68. The second-order valence-corrected chi connectivity index (χ2v) is 4.41. The molecule has 8 heteroatoms. The van der Waals surface area contributed by atoms with Crippen LogP contribution in [0.4, 0.5) is 13.2 Å². The summed E-state index contributed by atoms with van der Waals surface area (Å²) >= 11 is 0. The van der Waals surface area contributed by atoms with E-state index < -0.39 is 29.9 Å². The van der Waals surface area contributed by atoms with Crippen molar-refractivity contribution in [3.05, 3.63) is 34.9 Å². The van der Waals surface area contributed by atoms with Crippen LogP contribution >= 0.6 is 0 Å². The second-order valence-electron chi connectivity index (χ2n) is 4.41. The van der Waals surface area contributed by atoms with Crippen LogP contribution in [0.5, 0.6) is 0 Å². The summed E-state index contributed by atoms with van der Waals surface area (Å²) in [5.41, 5.74) is -1.57. The summed E-state index contributed by atoms with van der Waals surface area (Å²) in [6, 6.07) is 2.23. The number of nitrogens with one attached hydrogen (secondary N) is 1. The largest absolute Gasteiger partial charge is 0.416 e. The summed E-state index contributed by atoms with van der Waals surface area (Å²) in [6.45, 7) is 0.825. The van der Waals surface area contributed by atoms with E-state index in [1.807, 2.05) is 0 Å². The van der Waals surface area contributed by atoms with Gasteiger partial charge in [-0.25, -0.2) is 0 Å². The first-order valence-electron chi connectivity index (χ1n) is 5.93. The van der Waals surface area contributed by atoms with Crippen molar-refractivity contribution in [1.29, 1.82) is 0 Å². The lowest BCUT2D eigenvalue weighted by molar-refractivity contribution is -0.137. The van der Waals surface area contributed by atoms with E-state index in [0.29, 0.717) is 12.1 Å². The van der Waals surface area contributed by atoms with Crippen LogP contribution in [0.3, 0.4) is 0 Å². The van der Waals surface area contributed by atoms with E-state index in [2.05, 4.69) is 5.32 Å². The first-order valence-corrected chi connectivity index (χ1v) is 5.93. The number of carbonyl (C=O) groups excluding carboxylic acids is 2. The molecule has 0 fully saturated rings. The molecule has 0 bridgehead atoms. The van der Waals surface area contributed by atoms with E-state index in [1.54, 1.807) is 0 Å². The Morgan fingerprint density at radius 2 is 2.00 bits per heavy atom. The molecule has 21 heavy (non-hydrogen) atoms. The van der Waals surface area contributed by atoms with Crippen LogP contribution in [0.25, 0.3) is 0 Å². The minimum Gasteiger partial charge on any atom is -0.388 e. The second kappa shape index (κ2) is 6.68. The average Bonchev–Trinajstić information content (AvgIpc) is 2.42. The molecule has 0 radical (unpaired) electrons. The number of amides is 1. The number of benzene rings is 1. The molecule has 116 valence electrons. The minimum absolute atomic E-state index is 0.169. The Hall–Kier alpha value is -1.93. The van der Waals surface area contributed by atoms with E-state index in [1.165, 1.54) is 6.92 Å². The van der Waals surface area contributed by atoms with Crippen molar-refractivity contribution in [1.82, 2.24) is 5.32 Å². The quantitative estimate of drug-likeness (QED) is 0.710. The predicted molar refractivity (Wildman–Crippen MR) is 66.5 cm³/mol. The van der Waals surface area contributed by atoms with Gasteiger partial charge in [0.1, 0.15) is 18.5 Å². The molecule has 0 heterocycles. The number of aldehydes is 1. The molecule has 0 saturated carbocycles. The Morgan fingerprint density at radius 3 is 2.48 bits per heavy atom. The number of halogens is 3. The first-order chi connectivity index (χ1) is 9.66. The summed E-state index contributed by atoms with van der Waals surface area (Å²) in [7, 11) is 0. The number of carbonyl (C=O) groups is 2. The van der Waals surface area contributed by atoms with Gasteiger partial charge in [-0.3, -0.25) is 9.59 Å². The molecule has 0 saturated heterocycles. The van der Waals surface area contributed by atoms with Crippen LogP contribution in [0.1, 0.15) is 34.5 Å². The molecule has 0 aliphatic heterocycles. The van der Waals surface area contributed by atoms with Gasteiger partial charge in [0.05, 0.1) is 5.56 Å². The highest BCUT2D eigenvalue weighted by atomic mass is 19.4. The summed E-state index contributed by atoms with van der Waals surface area (Å²) in [5.74, 6) is -0.471. The maximum atomic E-state index is 12.6. The van der Waals surface area contributed by atoms with Gasteiger partial charge in [-0.1, -0.05) is 6.07 Å². The zero-order chi connectivity index (χ0) is 16.2. The maximum absolute atomic E-state index is 12.6. The molecule has 5 nitrogen and oxygen atoms in total. The predicted octanol–water partition coefficient (Wildman–Crippen LogP) is 1.05. The average molecular weight is 305 g/mol. The minimum atomic E-state index is -4.64. The number of hydrogen-bond donors (Lipinski definition) is 3. The molecule has 0 aliphatic rings. The fourth-order valence-electron chi connectivity index (χ4n) is 1.68. The van der Waals surface area contributed by atoms with Gasteiger partial charge >= 0.3 is 6.18 Å². The summed E-state index contributed by atoms with van der Waals surface area (Å²) in [5, 5.41) is 21.8. The van der Waals surface area contributed by atoms with Crippen molar-refractivity contribution in [3.63, 3.8) is 0 Å². The van der Waals surface area contributed by atoms with Crippen LogP contribution in [0.2, 0.25) is 0 Å². The molecule has 2 unspecified atom stereocenters. The summed E-state index contributed by atoms with van der Waals surface area (Å²) in [6.07, 6.45) is -7.64. The van der Waals surface area contributed by atoms with Gasteiger partial charge < -0.3 is 15.5 Å². The van der Waals surface area contributed by atoms with Crippen LogP contribution in [0.15, 0.2) is 18.2 Å². The van der Waals surface area contributed by atoms with Crippen molar-refractivity contribution in [3.8, 4) is 0 Å². The fraction of sp³-hybridized carbons (Fsp3) is 0.385. The molecule has 2 atom stereocenters. The van der Waals surface area contributed by atoms with E-state index in [9.17, 15) is 33.0 Å². The number of alkyl halides is 3. The van der Waals surface area contributed by atoms with Crippen LogP contribution < -0.4 is 5.32 Å². The highest BCUT2D eigenvalue weighted by Crippen LogP contribution is 2.32. The van der Waals surface area contributed by atoms with Crippen LogP contribution in [-0.2, 0) is 11.0 Å². The van der Waals surface area contributed by atoms with E-state index in [0.717, 1.165) is 6.07 Å². The molecule has 3 N–H and O–H groups in total. The Balaban J connectivity index is 3.08. The molecule has 1 amide bonds. The van der Waals surface area contributed by atoms with Gasteiger partial charge in [0.25, 0.3) is 0 Å². The van der Waals surface area contributed by atoms with Gasteiger partial charge in [0, 0.05) is 19.0 Å².